The van der Waals surface area contributed by atoms with Crippen LogP contribution in [0.3, 0.4) is 0 Å². The largest absolute Gasteiger partial charge is 0.306 e. The van der Waals surface area contributed by atoms with Crippen molar-refractivity contribution < 1.29 is 0 Å². The van der Waals surface area contributed by atoms with Gasteiger partial charge in [0.2, 0.25) is 0 Å². The summed E-state index contributed by atoms with van der Waals surface area (Å²) in [6.45, 7) is 0. The summed E-state index contributed by atoms with van der Waals surface area (Å²) in [5.41, 5.74) is 1.14. The van der Waals surface area contributed by atoms with Crippen molar-refractivity contribution in [1.29, 1.82) is 0 Å². The van der Waals surface area contributed by atoms with Gasteiger partial charge in [0.15, 0.2) is 0 Å². The topological polar surface area (TPSA) is 17.3 Å². The van der Waals surface area contributed by atoms with Crippen LogP contribution >= 0.6 is 22.6 Å². The smallest absolute Gasteiger partial charge is 0.0991 e. The Labute approximate surface area is 79.4 Å². The second kappa shape index (κ2) is 4.33. The molecule has 0 aromatic carbocycles. The number of fused-ring (bicyclic) bond motifs is 1. The molecule has 0 spiro atoms. The highest BCUT2D eigenvalue weighted by Crippen LogP contribution is 1.98. The van der Waals surface area contributed by atoms with Crippen LogP contribution in [-0.4, -0.2) is 14.3 Å². The summed E-state index contributed by atoms with van der Waals surface area (Å²) in [6, 6.07) is 6.00. The number of hydrogen-bond donors (Lipinski definition) is 0. The molecule has 2 nitrogen and oxygen atoms in total. The van der Waals surface area contributed by atoms with E-state index in [0.717, 1.165) is 5.52 Å². The van der Waals surface area contributed by atoms with Gasteiger partial charge in [0.25, 0.3) is 0 Å². The second-order valence-corrected chi connectivity index (χ2v) is 1.93. The Balaban J connectivity index is 0.000000281. The number of rotatable bonds is 0. The van der Waals surface area contributed by atoms with Crippen LogP contribution in [0.1, 0.15) is 0 Å². The van der Waals surface area contributed by atoms with Crippen LogP contribution in [0.25, 0.3) is 5.52 Å². The molecule has 0 atom stereocenters. The average Bonchev–Trinajstić information content (AvgIpc) is 2.55. The molecule has 0 amide bonds. The summed E-state index contributed by atoms with van der Waals surface area (Å²) in [7, 11) is 0. The lowest BCUT2D eigenvalue weighted by Crippen LogP contribution is -1.75. The monoisotopic (exact) mass is 260 g/mol. The molecule has 0 aliphatic rings. The van der Waals surface area contributed by atoms with Crippen LogP contribution in [0.15, 0.2) is 36.9 Å². The highest BCUT2D eigenvalue weighted by atomic mass is 127. The lowest BCUT2D eigenvalue weighted by molar-refractivity contribution is 1.15. The fourth-order valence-electron chi connectivity index (χ4n) is 0.865. The Bertz CT molecular complexity index is 286. The zero-order valence-electron chi connectivity index (χ0n) is 6.24. The number of hydrogen-bond acceptors (Lipinski definition) is 1. The summed E-state index contributed by atoms with van der Waals surface area (Å²) in [5.74, 6) is 0. The van der Waals surface area contributed by atoms with Gasteiger partial charge >= 0.3 is 0 Å². The van der Waals surface area contributed by atoms with Gasteiger partial charge in [-0.3, -0.25) is 0 Å². The van der Waals surface area contributed by atoms with E-state index in [-0.39, 0.29) is 0 Å². The number of alkyl halides is 1. The first-order valence-corrected chi connectivity index (χ1v) is 5.37. The molecule has 0 N–H and O–H groups in total. The van der Waals surface area contributed by atoms with Crippen LogP contribution in [0.2, 0.25) is 0 Å². The third-order valence-electron chi connectivity index (χ3n) is 1.32. The first-order valence-electron chi connectivity index (χ1n) is 3.21. The maximum Gasteiger partial charge on any atom is 0.0991 e. The maximum atomic E-state index is 3.96. The molecule has 58 valence electrons. The fourth-order valence-corrected chi connectivity index (χ4v) is 0.865. The molecule has 0 fully saturated rings. The standard InChI is InChI=1S/C7H6N2.CH3I/c1-2-4-9-6-8-5-7(9)3-1;1-2/h1-6H;1H3. The number of nitrogens with zero attached hydrogens (tertiary/aromatic N) is 2. The average molecular weight is 260 g/mol. The summed E-state index contributed by atoms with van der Waals surface area (Å²) in [4.78, 5) is 5.93. The van der Waals surface area contributed by atoms with Crippen molar-refractivity contribution in [3.63, 3.8) is 0 Å². The first-order chi connectivity index (χ1) is 5.47. The lowest BCUT2D eigenvalue weighted by atomic mass is 10.4. The van der Waals surface area contributed by atoms with E-state index in [2.05, 4.69) is 27.6 Å². The number of pyridine rings is 1. The van der Waals surface area contributed by atoms with Gasteiger partial charge in [-0.05, 0) is 17.1 Å². The Morgan fingerprint density at radius 2 is 2.18 bits per heavy atom. The second-order valence-electron chi connectivity index (χ2n) is 1.93. The molecule has 0 saturated heterocycles. The molecular formula is C8H9IN2. The van der Waals surface area contributed by atoms with Crippen LogP contribution in [-0.2, 0) is 0 Å². The summed E-state index contributed by atoms with van der Waals surface area (Å²) >= 11 is 2.15. The van der Waals surface area contributed by atoms with Gasteiger partial charge < -0.3 is 4.40 Å². The zero-order chi connectivity index (χ0) is 8.10. The molecule has 2 rings (SSSR count). The van der Waals surface area contributed by atoms with Crippen LogP contribution in [0, 0.1) is 0 Å². The van der Waals surface area contributed by atoms with E-state index in [1.165, 1.54) is 0 Å². The molecule has 2 aromatic rings. The quantitative estimate of drug-likeness (QED) is 0.525. The van der Waals surface area contributed by atoms with Crippen LogP contribution in [0.4, 0.5) is 0 Å². The third kappa shape index (κ3) is 1.92. The molecule has 0 saturated carbocycles. The van der Waals surface area contributed by atoms with Gasteiger partial charge in [-0.25, -0.2) is 4.98 Å². The van der Waals surface area contributed by atoms with Crippen molar-refractivity contribution in [2.24, 2.45) is 0 Å². The highest BCUT2D eigenvalue weighted by molar-refractivity contribution is 14.1. The summed E-state index contributed by atoms with van der Waals surface area (Å²) in [5, 5.41) is 0. The van der Waals surface area contributed by atoms with E-state index >= 15 is 0 Å². The lowest BCUT2D eigenvalue weighted by Gasteiger charge is -1.86. The molecule has 3 heteroatoms. The third-order valence-corrected chi connectivity index (χ3v) is 1.32. The molecule has 0 aliphatic heterocycles. The van der Waals surface area contributed by atoms with Gasteiger partial charge in [-0.1, -0.05) is 28.7 Å². The minimum absolute atomic E-state index is 1.14. The van der Waals surface area contributed by atoms with Crippen molar-refractivity contribution in [2.45, 2.75) is 0 Å². The Kier molecular flexibility index (Phi) is 3.35. The summed E-state index contributed by atoms with van der Waals surface area (Å²) in [6.07, 6.45) is 5.59. The van der Waals surface area contributed by atoms with E-state index < -0.39 is 0 Å². The minimum Gasteiger partial charge on any atom is -0.306 e. The molecule has 0 radical (unpaired) electrons. The van der Waals surface area contributed by atoms with E-state index in [9.17, 15) is 0 Å². The van der Waals surface area contributed by atoms with E-state index in [4.69, 9.17) is 0 Å². The fraction of sp³-hybridized carbons (Fsp3) is 0.125. The van der Waals surface area contributed by atoms with Crippen molar-refractivity contribution >= 4 is 28.1 Å². The van der Waals surface area contributed by atoms with Gasteiger partial charge in [0, 0.05) is 6.20 Å². The van der Waals surface area contributed by atoms with Crippen molar-refractivity contribution in [1.82, 2.24) is 9.38 Å². The zero-order valence-corrected chi connectivity index (χ0v) is 8.39. The predicted molar refractivity (Wildman–Crippen MR) is 55.1 cm³/mol. The normalized spacial score (nSPS) is 8.91. The van der Waals surface area contributed by atoms with Crippen LogP contribution < -0.4 is 0 Å². The molecule has 0 bridgehead atoms. The molecular weight excluding hydrogens is 251 g/mol. The van der Waals surface area contributed by atoms with E-state index in [1.54, 1.807) is 6.33 Å². The molecule has 11 heavy (non-hydrogen) atoms. The predicted octanol–water partition coefficient (Wildman–Crippen LogP) is 2.39. The number of imidazole rings is 1. The van der Waals surface area contributed by atoms with Gasteiger partial charge in [0.1, 0.15) is 0 Å². The molecule has 2 aromatic heterocycles. The van der Waals surface area contributed by atoms with Crippen molar-refractivity contribution in [3.8, 4) is 0 Å². The SMILES string of the molecule is CI.c1ccn2cncc2c1. The van der Waals surface area contributed by atoms with Crippen molar-refractivity contribution in [2.75, 3.05) is 4.93 Å². The van der Waals surface area contributed by atoms with Gasteiger partial charge in [-0.2, -0.15) is 0 Å². The number of aromatic nitrogens is 2. The Morgan fingerprint density at radius 1 is 1.36 bits per heavy atom. The van der Waals surface area contributed by atoms with Gasteiger partial charge in [-0.15, -0.1) is 0 Å². The Morgan fingerprint density at radius 3 is 2.91 bits per heavy atom. The Hall–Kier alpha value is -0.580. The van der Waals surface area contributed by atoms with Crippen molar-refractivity contribution in [3.05, 3.63) is 36.9 Å². The van der Waals surface area contributed by atoms with Gasteiger partial charge in [0.05, 0.1) is 18.0 Å². The highest BCUT2D eigenvalue weighted by Gasteiger charge is 1.85. The maximum absolute atomic E-state index is 3.96. The molecule has 0 unspecified atom stereocenters. The first kappa shape index (κ1) is 8.52. The minimum atomic E-state index is 1.14. The molecule has 0 aliphatic carbocycles. The number of halogens is 1. The van der Waals surface area contributed by atoms with E-state index in [1.807, 2.05) is 39.9 Å². The van der Waals surface area contributed by atoms with Crippen LogP contribution in [0.5, 0.6) is 0 Å². The van der Waals surface area contributed by atoms with E-state index in [0.29, 0.717) is 0 Å². The summed E-state index contributed by atoms with van der Waals surface area (Å²) < 4.78 is 1.97. The molecule has 2 heterocycles.